The Bertz CT molecular complexity index is 1310. The molecule has 2 heterocycles. The van der Waals surface area contributed by atoms with Gasteiger partial charge in [-0.2, -0.15) is 0 Å². The van der Waals surface area contributed by atoms with Crippen molar-refractivity contribution in [3.05, 3.63) is 63.8 Å². The molecule has 0 aliphatic carbocycles. The zero-order valence-electron chi connectivity index (χ0n) is 17.7. The van der Waals surface area contributed by atoms with Gasteiger partial charge in [-0.3, -0.25) is 14.3 Å². The van der Waals surface area contributed by atoms with Gasteiger partial charge in [0.15, 0.2) is 11.0 Å². The van der Waals surface area contributed by atoms with Crippen LogP contribution >= 0.6 is 23.4 Å². The SMILES string of the molecule is C[C@H](c1nnc(SCC(=O)Nc2ccc3[nH]c(=O)[nH]c3c2)n1-c1ccc(Cl)cc1)N(C)C. The minimum atomic E-state index is -0.289. The van der Waals surface area contributed by atoms with Crippen LogP contribution in [0.3, 0.4) is 0 Å². The molecule has 0 spiro atoms. The lowest BCUT2D eigenvalue weighted by Crippen LogP contribution is -2.21. The highest BCUT2D eigenvalue weighted by atomic mass is 35.5. The molecule has 11 heteroatoms. The fourth-order valence-corrected chi connectivity index (χ4v) is 4.03. The summed E-state index contributed by atoms with van der Waals surface area (Å²) in [5.41, 5.74) is 2.49. The van der Waals surface area contributed by atoms with Crippen molar-refractivity contribution in [1.82, 2.24) is 29.6 Å². The highest BCUT2D eigenvalue weighted by Gasteiger charge is 2.21. The first-order valence-corrected chi connectivity index (χ1v) is 11.2. The first kappa shape index (κ1) is 22.1. The van der Waals surface area contributed by atoms with Crippen molar-refractivity contribution in [2.45, 2.75) is 18.1 Å². The van der Waals surface area contributed by atoms with E-state index in [0.29, 0.717) is 26.9 Å². The Morgan fingerprint density at radius 1 is 1.16 bits per heavy atom. The molecule has 32 heavy (non-hydrogen) atoms. The summed E-state index contributed by atoms with van der Waals surface area (Å²) in [6, 6.07) is 12.6. The maximum absolute atomic E-state index is 12.6. The molecule has 1 amide bonds. The molecule has 0 fully saturated rings. The summed E-state index contributed by atoms with van der Waals surface area (Å²) < 4.78 is 1.94. The Morgan fingerprint density at radius 3 is 2.59 bits per heavy atom. The smallest absolute Gasteiger partial charge is 0.323 e. The molecule has 0 aliphatic heterocycles. The van der Waals surface area contributed by atoms with Crippen LogP contribution in [0.15, 0.2) is 52.4 Å². The van der Waals surface area contributed by atoms with Crippen molar-refractivity contribution in [2.24, 2.45) is 0 Å². The largest absolute Gasteiger partial charge is 0.325 e. The van der Waals surface area contributed by atoms with Crippen LogP contribution in [0.1, 0.15) is 18.8 Å². The van der Waals surface area contributed by atoms with Gasteiger partial charge in [0.1, 0.15) is 0 Å². The van der Waals surface area contributed by atoms with Crippen LogP contribution in [0.2, 0.25) is 5.02 Å². The molecular formula is C21H22ClN7O2S. The first-order chi connectivity index (χ1) is 15.3. The van der Waals surface area contributed by atoms with E-state index in [-0.39, 0.29) is 23.4 Å². The summed E-state index contributed by atoms with van der Waals surface area (Å²) in [5, 5.41) is 12.8. The number of aromatic nitrogens is 5. The average molecular weight is 472 g/mol. The molecule has 2 aromatic heterocycles. The number of nitrogens with one attached hydrogen (secondary N) is 3. The molecular weight excluding hydrogens is 450 g/mol. The van der Waals surface area contributed by atoms with E-state index in [4.69, 9.17) is 11.6 Å². The van der Waals surface area contributed by atoms with Crippen LogP contribution in [0, 0.1) is 0 Å². The van der Waals surface area contributed by atoms with Crippen LogP contribution in [0.25, 0.3) is 16.7 Å². The van der Waals surface area contributed by atoms with E-state index in [9.17, 15) is 9.59 Å². The number of thioether (sulfide) groups is 1. The third-order valence-corrected chi connectivity index (χ3v) is 6.20. The van der Waals surface area contributed by atoms with Gasteiger partial charge in [0.05, 0.1) is 22.8 Å². The highest BCUT2D eigenvalue weighted by molar-refractivity contribution is 7.99. The van der Waals surface area contributed by atoms with Crippen LogP contribution in [-0.2, 0) is 4.79 Å². The quantitative estimate of drug-likeness (QED) is 0.356. The van der Waals surface area contributed by atoms with Crippen LogP contribution in [0.5, 0.6) is 0 Å². The number of rotatable bonds is 7. The predicted octanol–water partition coefficient (Wildman–Crippen LogP) is 3.44. The maximum atomic E-state index is 12.6. The number of hydrogen-bond acceptors (Lipinski definition) is 6. The summed E-state index contributed by atoms with van der Waals surface area (Å²) in [7, 11) is 3.95. The molecule has 0 unspecified atom stereocenters. The zero-order valence-corrected chi connectivity index (χ0v) is 19.3. The molecule has 0 aliphatic rings. The molecule has 0 radical (unpaired) electrons. The van der Waals surface area contributed by atoms with Gasteiger partial charge in [0.2, 0.25) is 5.91 Å². The fourth-order valence-electron chi connectivity index (χ4n) is 3.15. The number of halogens is 1. The summed E-state index contributed by atoms with van der Waals surface area (Å²) in [4.78, 5) is 31.4. The van der Waals surface area contributed by atoms with Gasteiger partial charge in [0.25, 0.3) is 0 Å². The molecule has 4 rings (SSSR count). The Kier molecular flexibility index (Phi) is 6.35. The van der Waals surface area contributed by atoms with Crippen LogP contribution in [-0.4, -0.2) is 55.4 Å². The van der Waals surface area contributed by atoms with E-state index in [1.807, 2.05) is 54.8 Å². The number of imidazole rings is 1. The average Bonchev–Trinajstić information content (AvgIpc) is 3.34. The molecule has 2 aromatic carbocycles. The zero-order chi connectivity index (χ0) is 22.8. The monoisotopic (exact) mass is 471 g/mol. The van der Waals surface area contributed by atoms with Crippen molar-refractivity contribution >= 4 is 46.0 Å². The lowest BCUT2D eigenvalue weighted by molar-refractivity contribution is -0.113. The fraction of sp³-hybridized carbons (Fsp3) is 0.238. The van der Waals surface area contributed by atoms with Crippen molar-refractivity contribution in [3.8, 4) is 5.69 Å². The number of benzene rings is 2. The van der Waals surface area contributed by atoms with E-state index in [1.165, 1.54) is 11.8 Å². The normalized spacial score (nSPS) is 12.4. The number of H-pyrrole nitrogens is 2. The van der Waals surface area contributed by atoms with Crippen molar-refractivity contribution in [2.75, 3.05) is 25.2 Å². The minimum Gasteiger partial charge on any atom is -0.325 e. The summed E-state index contributed by atoms with van der Waals surface area (Å²) in [6.07, 6.45) is 0. The molecule has 166 valence electrons. The van der Waals surface area contributed by atoms with Gasteiger partial charge < -0.3 is 15.3 Å². The molecule has 4 aromatic rings. The highest BCUT2D eigenvalue weighted by Crippen LogP contribution is 2.27. The third-order valence-electron chi connectivity index (χ3n) is 5.02. The summed E-state index contributed by atoms with van der Waals surface area (Å²) in [6.45, 7) is 2.04. The molecule has 0 saturated heterocycles. The summed E-state index contributed by atoms with van der Waals surface area (Å²) in [5.74, 6) is 0.714. The Balaban J connectivity index is 1.53. The number of hydrogen-bond donors (Lipinski definition) is 3. The molecule has 1 atom stereocenters. The number of fused-ring (bicyclic) bond motifs is 1. The number of anilines is 1. The van der Waals surface area contributed by atoms with Crippen molar-refractivity contribution in [3.63, 3.8) is 0 Å². The van der Waals surface area contributed by atoms with E-state index in [0.717, 1.165) is 11.5 Å². The molecule has 3 N–H and O–H groups in total. The summed E-state index contributed by atoms with van der Waals surface area (Å²) >= 11 is 7.35. The van der Waals surface area contributed by atoms with Crippen LogP contribution < -0.4 is 11.0 Å². The number of carbonyl (C=O) groups excluding carboxylic acids is 1. The maximum Gasteiger partial charge on any atom is 0.323 e. The van der Waals surface area contributed by atoms with Gasteiger partial charge in [-0.15, -0.1) is 10.2 Å². The number of carbonyl (C=O) groups is 1. The second-order valence-corrected chi connectivity index (χ2v) is 8.85. The number of amides is 1. The Hall–Kier alpha value is -3.08. The van der Waals surface area contributed by atoms with Crippen molar-refractivity contribution in [1.29, 1.82) is 0 Å². The molecule has 0 saturated carbocycles. The van der Waals surface area contributed by atoms with Gasteiger partial charge in [-0.1, -0.05) is 23.4 Å². The van der Waals surface area contributed by atoms with Crippen LogP contribution in [0.4, 0.5) is 5.69 Å². The van der Waals surface area contributed by atoms with Gasteiger partial charge in [-0.25, -0.2) is 4.79 Å². The number of nitrogens with zero attached hydrogens (tertiary/aromatic N) is 4. The molecule has 0 bridgehead atoms. The number of aromatic amines is 2. The molecule has 9 nitrogen and oxygen atoms in total. The predicted molar refractivity (Wildman–Crippen MR) is 127 cm³/mol. The van der Waals surface area contributed by atoms with Gasteiger partial charge in [0, 0.05) is 16.4 Å². The Labute approximate surface area is 193 Å². The van der Waals surface area contributed by atoms with E-state index >= 15 is 0 Å². The van der Waals surface area contributed by atoms with E-state index in [2.05, 4.69) is 25.5 Å². The topological polar surface area (TPSA) is 112 Å². The van der Waals surface area contributed by atoms with Gasteiger partial charge in [-0.05, 0) is 63.5 Å². The Morgan fingerprint density at radius 2 is 1.88 bits per heavy atom. The second-order valence-electron chi connectivity index (χ2n) is 7.47. The second kappa shape index (κ2) is 9.19. The third kappa shape index (κ3) is 4.72. The lowest BCUT2D eigenvalue weighted by Gasteiger charge is -2.20. The van der Waals surface area contributed by atoms with E-state index in [1.54, 1.807) is 18.2 Å². The first-order valence-electron chi connectivity index (χ1n) is 9.84. The lowest BCUT2D eigenvalue weighted by atomic mass is 10.2. The van der Waals surface area contributed by atoms with Gasteiger partial charge >= 0.3 is 5.69 Å². The van der Waals surface area contributed by atoms with E-state index < -0.39 is 0 Å². The minimum absolute atomic E-state index is 0.0107. The standard InChI is InChI=1S/C21H22ClN7O2S/c1-12(28(2)3)19-26-27-21(29(19)15-7-4-13(22)5-8-15)32-11-18(30)23-14-6-9-16-17(10-14)25-20(31)24-16/h4-10,12H,11H2,1-3H3,(H,23,30)(H2,24,25,31)/t12-/m1/s1. The van der Waals surface area contributed by atoms with Crippen molar-refractivity contribution < 1.29 is 4.79 Å².